The van der Waals surface area contributed by atoms with E-state index in [2.05, 4.69) is 32.8 Å². The number of amides is 1. The van der Waals surface area contributed by atoms with Gasteiger partial charge in [-0.15, -0.1) is 0 Å². The van der Waals surface area contributed by atoms with Crippen LogP contribution in [0.25, 0.3) is 0 Å². The molecule has 10 nitrogen and oxygen atoms in total. The van der Waals surface area contributed by atoms with Crippen LogP contribution in [0.15, 0.2) is 56.5 Å². The molecule has 2 aliphatic carbocycles. The Morgan fingerprint density at radius 2 is 2.12 bits per heavy atom. The highest BCUT2D eigenvalue weighted by molar-refractivity contribution is 5.99. The quantitative estimate of drug-likeness (QED) is 0.375. The van der Waals surface area contributed by atoms with Gasteiger partial charge in [0.2, 0.25) is 0 Å². The van der Waals surface area contributed by atoms with E-state index in [1.807, 2.05) is 13.0 Å². The average molecular weight is 468 g/mol. The van der Waals surface area contributed by atoms with Gasteiger partial charge in [-0.25, -0.2) is 0 Å². The predicted octanol–water partition coefficient (Wildman–Crippen LogP) is 2.03. The monoisotopic (exact) mass is 467 g/mol. The summed E-state index contributed by atoms with van der Waals surface area (Å²) in [5, 5.41) is 25.3. The topological polar surface area (TPSA) is 123 Å². The first-order chi connectivity index (χ1) is 16.2. The fraction of sp³-hybridized carbons (Fsp3) is 0.500. The predicted molar refractivity (Wildman–Crippen MR) is 132 cm³/mol. The molecule has 182 valence electrons. The molecular weight excluding hydrogens is 434 g/mol. The number of carbonyl (C=O) groups excluding carboxylic acids is 1. The molecule has 10 heteroatoms. The average Bonchev–Trinajstić information content (AvgIpc) is 3.62. The highest BCUT2D eigenvalue weighted by atomic mass is 16.3. The number of hydrogen-bond acceptors (Lipinski definition) is 7. The molecule has 0 saturated heterocycles. The van der Waals surface area contributed by atoms with Crippen molar-refractivity contribution in [2.45, 2.75) is 70.1 Å². The molecule has 34 heavy (non-hydrogen) atoms. The van der Waals surface area contributed by atoms with E-state index in [0.717, 1.165) is 32.1 Å². The highest BCUT2D eigenvalue weighted by Gasteiger charge is 2.32. The van der Waals surface area contributed by atoms with Gasteiger partial charge in [-0.1, -0.05) is 0 Å². The second-order valence-corrected chi connectivity index (χ2v) is 9.45. The van der Waals surface area contributed by atoms with Crippen molar-refractivity contribution in [2.24, 2.45) is 10.1 Å². The molecule has 2 fully saturated rings. The molecule has 3 aliphatic rings. The van der Waals surface area contributed by atoms with Crippen LogP contribution in [0.1, 0.15) is 58.4 Å². The number of nitrogens with one attached hydrogen (secondary N) is 3. The number of amidine groups is 1. The summed E-state index contributed by atoms with van der Waals surface area (Å²) in [7, 11) is 1.62. The number of carbonyl (C=O) groups is 1. The van der Waals surface area contributed by atoms with Gasteiger partial charge in [-0.2, -0.15) is 10.1 Å². The maximum Gasteiger partial charge on any atom is 0.274 e. The zero-order chi connectivity index (χ0) is 24.5. The summed E-state index contributed by atoms with van der Waals surface area (Å²) in [6.45, 7) is 7.14. The van der Waals surface area contributed by atoms with Crippen LogP contribution in [-0.2, 0) is 4.79 Å². The zero-order valence-electron chi connectivity index (χ0n) is 20.0. The lowest BCUT2D eigenvalue weighted by atomic mass is 9.83. The number of nitrogens with zero attached hydrogens (tertiary/aromatic N) is 4. The van der Waals surface area contributed by atoms with Crippen molar-refractivity contribution >= 4 is 24.1 Å². The summed E-state index contributed by atoms with van der Waals surface area (Å²) in [5.74, 6) is 1.17. The van der Waals surface area contributed by atoms with Gasteiger partial charge in [-0.3, -0.25) is 14.6 Å². The van der Waals surface area contributed by atoms with Crippen LogP contribution in [0.5, 0.6) is 0 Å². The fourth-order valence-corrected chi connectivity index (χ4v) is 4.48. The molecule has 2 atom stereocenters. The third-order valence-electron chi connectivity index (χ3n) is 6.50. The largest absolute Gasteiger partial charge is 0.390 e. The Labute approximate surface area is 199 Å². The van der Waals surface area contributed by atoms with Gasteiger partial charge in [0.05, 0.1) is 11.2 Å². The van der Waals surface area contributed by atoms with E-state index >= 15 is 0 Å². The number of pyridine rings is 1. The number of hydrogen-bond donors (Lipinski definition) is 4. The molecule has 1 aliphatic heterocycles. The van der Waals surface area contributed by atoms with Gasteiger partial charge in [0.15, 0.2) is 5.84 Å². The van der Waals surface area contributed by atoms with Gasteiger partial charge in [0, 0.05) is 38.1 Å². The molecule has 0 bridgehead atoms. The van der Waals surface area contributed by atoms with E-state index in [4.69, 9.17) is 0 Å². The van der Waals surface area contributed by atoms with Crippen molar-refractivity contribution in [1.82, 2.24) is 20.2 Å². The lowest BCUT2D eigenvalue weighted by molar-refractivity contribution is -0.117. The first-order valence-corrected chi connectivity index (χ1v) is 11.7. The Morgan fingerprint density at radius 1 is 1.35 bits per heavy atom. The molecule has 1 aromatic heterocycles. The molecule has 4 N–H and O–H groups in total. The number of rotatable bonds is 6. The first-order valence-electron chi connectivity index (χ1n) is 11.7. The summed E-state index contributed by atoms with van der Waals surface area (Å²) >= 11 is 0. The Kier molecular flexibility index (Phi) is 6.60. The molecule has 1 aromatic rings. The normalized spacial score (nSPS) is 27.5. The van der Waals surface area contributed by atoms with Gasteiger partial charge < -0.3 is 25.6 Å². The van der Waals surface area contributed by atoms with E-state index in [0.29, 0.717) is 35.2 Å². The molecule has 2 heterocycles. The smallest absolute Gasteiger partial charge is 0.274 e. The molecule has 0 unspecified atom stereocenters. The summed E-state index contributed by atoms with van der Waals surface area (Å²) in [5.41, 5.74) is -0.143. The summed E-state index contributed by atoms with van der Waals surface area (Å²) in [6.07, 6.45) is 8.41. The summed E-state index contributed by atoms with van der Waals surface area (Å²) < 4.78 is 1.69. The van der Waals surface area contributed by atoms with Crippen LogP contribution in [0, 0.1) is 0 Å². The molecule has 0 aromatic carbocycles. The van der Waals surface area contributed by atoms with E-state index in [-0.39, 0.29) is 23.6 Å². The van der Waals surface area contributed by atoms with Crippen molar-refractivity contribution in [3.05, 3.63) is 52.0 Å². The van der Waals surface area contributed by atoms with Crippen LogP contribution in [0.2, 0.25) is 0 Å². The number of hydrazone groups is 1. The third kappa shape index (κ3) is 5.06. The molecule has 0 spiro atoms. The Morgan fingerprint density at radius 3 is 2.76 bits per heavy atom. The van der Waals surface area contributed by atoms with Crippen LogP contribution in [0.4, 0.5) is 5.69 Å². The number of aromatic nitrogens is 1. The molecule has 0 radical (unpaired) electrons. The lowest BCUT2D eigenvalue weighted by Gasteiger charge is -2.35. The number of anilines is 1. The Bertz CT molecular complexity index is 1130. The van der Waals surface area contributed by atoms with Crippen molar-refractivity contribution in [3.63, 3.8) is 0 Å². The van der Waals surface area contributed by atoms with Crippen LogP contribution < -0.4 is 21.5 Å². The first kappa shape index (κ1) is 23.7. The van der Waals surface area contributed by atoms with Gasteiger partial charge in [-0.05, 0) is 64.5 Å². The maximum atomic E-state index is 13.3. The van der Waals surface area contributed by atoms with Crippen molar-refractivity contribution in [1.29, 1.82) is 0 Å². The Hall–Kier alpha value is -3.40. The molecule has 1 amide bonds. The van der Waals surface area contributed by atoms with Gasteiger partial charge in [0.25, 0.3) is 11.5 Å². The van der Waals surface area contributed by atoms with Crippen LogP contribution in [-0.4, -0.2) is 51.8 Å². The highest BCUT2D eigenvalue weighted by Crippen LogP contribution is 2.34. The second-order valence-electron chi connectivity index (χ2n) is 9.45. The minimum atomic E-state index is -0.773. The Balaban J connectivity index is 1.62. The second kappa shape index (κ2) is 9.46. The lowest BCUT2D eigenvalue weighted by Crippen LogP contribution is -2.42. The van der Waals surface area contributed by atoms with Crippen molar-refractivity contribution in [3.8, 4) is 0 Å². The summed E-state index contributed by atoms with van der Waals surface area (Å²) in [4.78, 5) is 30.2. The van der Waals surface area contributed by atoms with E-state index in [1.54, 1.807) is 36.9 Å². The standard InChI is InChI=1S/C24H33N7O3/c1-15(22(32)27-16-9-10-16)21-29-19(13-20(25-3)31(21)26-4)28-18-8-6-12-30(23(18)33)17-7-5-11-24(2,34)14-17/h6,8,12-13,16-17,28-29,34H,4-5,7,9-11,14H2,1-3H3,(H,27,32)/b21-15+,25-20?/t17-,24+/m0/s1. The van der Waals surface area contributed by atoms with Crippen molar-refractivity contribution < 1.29 is 9.90 Å². The van der Waals surface area contributed by atoms with Crippen molar-refractivity contribution in [2.75, 3.05) is 12.4 Å². The minimum Gasteiger partial charge on any atom is -0.390 e. The SMILES string of the molecule is C=NN1C(=NC)C=C(Nc2cccn([C@H]3CCC[C@@](C)(O)C3)c2=O)N/C1=C(/C)C(=O)NC1CC1. The molecule has 4 rings (SSSR count). The molecular formula is C24H33N7O3. The number of aliphatic imine (C=N–C) groups is 1. The maximum absolute atomic E-state index is 13.3. The van der Waals surface area contributed by atoms with E-state index in [1.165, 1.54) is 5.01 Å². The van der Waals surface area contributed by atoms with E-state index < -0.39 is 5.60 Å². The van der Waals surface area contributed by atoms with E-state index in [9.17, 15) is 14.7 Å². The zero-order valence-corrected chi connectivity index (χ0v) is 20.0. The summed E-state index contributed by atoms with van der Waals surface area (Å²) in [6, 6.07) is 3.67. The number of aliphatic hydroxyl groups is 1. The third-order valence-corrected chi connectivity index (χ3v) is 6.50. The molecule has 2 saturated carbocycles. The minimum absolute atomic E-state index is 0.0664. The van der Waals surface area contributed by atoms with Gasteiger partial charge in [0.1, 0.15) is 17.3 Å². The van der Waals surface area contributed by atoms with Crippen LogP contribution >= 0.6 is 0 Å². The van der Waals surface area contributed by atoms with Crippen LogP contribution in [0.3, 0.4) is 0 Å². The van der Waals surface area contributed by atoms with Gasteiger partial charge >= 0.3 is 0 Å². The fourth-order valence-electron chi connectivity index (χ4n) is 4.48.